The highest BCUT2D eigenvalue weighted by Gasteiger charge is 2.30. The number of ether oxygens (including phenoxy) is 1. The maximum absolute atomic E-state index is 10.2. The van der Waals surface area contributed by atoms with Gasteiger partial charge in [0.15, 0.2) is 5.76 Å². The van der Waals surface area contributed by atoms with Gasteiger partial charge in [-0.15, -0.1) is 0 Å². The van der Waals surface area contributed by atoms with Crippen LogP contribution in [0.2, 0.25) is 0 Å². The van der Waals surface area contributed by atoms with Crippen LogP contribution in [0.4, 0.5) is 0 Å². The first-order chi connectivity index (χ1) is 12.1. The van der Waals surface area contributed by atoms with Gasteiger partial charge in [-0.05, 0) is 37.4 Å². The van der Waals surface area contributed by atoms with Gasteiger partial charge < -0.3 is 19.7 Å². The van der Waals surface area contributed by atoms with E-state index < -0.39 is 6.10 Å². The average Bonchev–Trinajstić information content (AvgIpc) is 3.07. The van der Waals surface area contributed by atoms with Gasteiger partial charge in [-0.3, -0.25) is 4.98 Å². The van der Waals surface area contributed by atoms with Gasteiger partial charge in [-0.1, -0.05) is 25.1 Å². The van der Waals surface area contributed by atoms with Crippen LogP contribution in [0.3, 0.4) is 0 Å². The molecule has 0 radical (unpaired) electrons. The molecular weight excluding hydrogens is 318 g/mol. The first kappa shape index (κ1) is 18.0. The maximum Gasteiger partial charge on any atom is 0.185 e. The van der Waals surface area contributed by atoms with Crippen LogP contribution in [0, 0.1) is 5.92 Å². The summed E-state index contributed by atoms with van der Waals surface area (Å²) in [5.74, 6) is 1.25. The Morgan fingerprint density at radius 3 is 2.96 bits per heavy atom. The Morgan fingerprint density at radius 2 is 2.20 bits per heavy atom. The van der Waals surface area contributed by atoms with Crippen molar-refractivity contribution in [2.75, 3.05) is 13.1 Å². The summed E-state index contributed by atoms with van der Waals surface area (Å²) in [6.45, 7) is 5.93. The molecule has 0 bridgehead atoms. The molecule has 1 aliphatic heterocycles. The van der Waals surface area contributed by atoms with Crippen LogP contribution in [-0.2, 0) is 11.2 Å². The molecule has 3 rings (SSSR count). The summed E-state index contributed by atoms with van der Waals surface area (Å²) in [7, 11) is 0. The quantitative estimate of drug-likeness (QED) is 0.802. The fourth-order valence-electron chi connectivity index (χ4n) is 3.07. The zero-order chi connectivity index (χ0) is 17.6. The van der Waals surface area contributed by atoms with Crippen molar-refractivity contribution in [1.82, 2.24) is 15.5 Å². The molecule has 136 valence electrons. The third kappa shape index (κ3) is 5.11. The molecule has 0 saturated carbocycles. The van der Waals surface area contributed by atoms with Gasteiger partial charge in [0.1, 0.15) is 5.69 Å². The van der Waals surface area contributed by atoms with Crippen molar-refractivity contribution in [3.05, 3.63) is 36.2 Å². The van der Waals surface area contributed by atoms with E-state index in [9.17, 15) is 5.11 Å². The Morgan fingerprint density at radius 1 is 1.32 bits per heavy atom. The molecule has 1 saturated heterocycles. The first-order valence-corrected chi connectivity index (χ1v) is 9.03. The monoisotopic (exact) mass is 345 g/mol. The molecule has 0 aromatic carbocycles. The molecule has 0 amide bonds. The summed E-state index contributed by atoms with van der Waals surface area (Å²) < 4.78 is 11.5. The number of aliphatic hydroxyl groups is 1. The summed E-state index contributed by atoms with van der Waals surface area (Å²) in [5.41, 5.74) is 1.63. The highest BCUT2D eigenvalue weighted by molar-refractivity contribution is 5.51. The van der Waals surface area contributed by atoms with E-state index in [4.69, 9.17) is 9.26 Å². The Kier molecular flexibility index (Phi) is 6.18. The Hall–Kier alpha value is -1.76. The van der Waals surface area contributed by atoms with Crippen molar-refractivity contribution in [3.8, 4) is 11.5 Å². The molecular formula is C19H27N3O3. The summed E-state index contributed by atoms with van der Waals surface area (Å²) >= 11 is 0. The Labute approximate surface area is 148 Å². The van der Waals surface area contributed by atoms with Crippen molar-refractivity contribution in [3.63, 3.8) is 0 Å². The third-order valence-corrected chi connectivity index (χ3v) is 4.39. The minimum Gasteiger partial charge on any atom is -0.390 e. The van der Waals surface area contributed by atoms with Crippen molar-refractivity contribution in [2.24, 2.45) is 5.92 Å². The van der Waals surface area contributed by atoms with E-state index in [1.807, 2.05) is 24.3 Å². The van der Waals surface area contributed by atoms with E-state index in [0.717, 1.165) is 30.8 Å². The molecule has 1 fully saturated rings. The zero-order valence-corrected chi connectivity index (χ0v) is 14.9. The van der Waals surface area contributed by atoms with E-state index in [-0.39, 0.29) is 12.2 Å². The second kappa shape index (κ2) is 8.56. The van der Waals surface area contributed by atoms with Crippen molar-refractivity contribution >= 4 is 0 Å². The SMILES string of the molecule is CC(C)CNC[C@H]1O[C@H](Cc2cc(-c3ccccn3)on2)CC[C@@H]1O. The second-order valence-corrected chi connectivity index (χ2v) is 7.09. The maximum atomic E-state index is 10.2. The lowest BCUT2D eigenvalue weighted by Crippen LogP contribution is -2.46. The minimum atomic E-state index is -0.405. The summed E-state index contributed by atoms with van der Waals surface area (Å²) in [4.78, 5) is 4.27. The van der Waals surface area contributed by atoms with Crippen LogP contribution in [0.5, 0.6) is 0 Å². The largest absolute Gasteiger partial charge is 0.390 e. The number of aromatic nitrogens is 2. The summed E-state index contributed by atoms with van der Waals surface area (Å²) in [6, 6.07) is 7.61. The first-order valence-electron chi connectivity index (χ1n) is 9.03. The van der Waals surface area contributed by atoms with Crippen LogP contribution < -0.4 is 5.32 Å². The number of pyridine rings is 1. The van der Waals surface area contributed by atoms with Gasteiger partial charge in [0.25, 0.3) is 0 Å². The highest BCUT2D eigenvalue weighted by Crippen LogP contribution is 2.24. The molecule has 0 unspecified atom stereocenters. The fourth-order valence-corrected chi connectivity index (χ4v) is 3.07. The number of hydrogen-bond donors (Lipinski definition) is 2. The normalized spacial score (nSPS) is 23.9. The summed E-state index contributed by atoms with van der Waals surface area (Å²) in [6.07, 6.45) is 3.48. The average molecular weight is 345 g/mol. The van der Waals surface area contributed by atoms with Crippen LogP contribution >= 0.6 is 0 Å². The van der Waals surface area contributed by atoms with E-state index in [1.165, 1.54) is 0 Å². The third-order valence-electron chi connectivity index (χ3n) is 4.39. The molecule has 2 aromatic heterocycles. The zero-order valence-electron chi connectivity index (χ0n) is 14.9. The molecule has 6 heteroatoms. The lowest BCUT2D eigenvalue weighted by molar-refractivity contribution is -0.115. The Bertz CT molecular complexity index is 644. The number of hydrogen-bond acceptors (Lipinski definition) is 6. The standard InChI is InChI=1S/C19H27N3O3/c1-13(2)11-20-12-19-17(23)7-6-15(24-19)9-14-10-18(25-22-14)16-5-3-4-8-21-16/h3-5,8,10,13,15,17,19-20,23H,6-7,9,11-12H2,1-2H3/t15-,17-,19+/m0/s1. The molecule has 6 nitrogen and oxygen atoms in total. The summed E-state index contributed by atoms with van der Waals surface area (Å²) in [5, 5.41) is 17.7. The number of nitrogens with one attached hydrogen (secondary N) is 1. The molecule has 2 N–H and O–H groups in total. The van der Waals surface area contributed by atoms with Crippen LogP contribution in [0.15, 0.2) is 35.0 Å². The lowest BCUT2D eigenvalue weighted by atomic mass is 9.98. The molecule has 3 heterocycles. The predicted molar refractivity (Wildman–Crippen MR) is 95.0 cm³/mol. The van der Waals surface area contributed by atoms with E-state index in [0.29, 0.717) is 24.6 Å². The van der Waals surface area contributed by atoms with Crippen LogP contribution in [-0.4, -0.2) is 46.6 Å². The lowest BCUT2D eigenvalue weighted by Gasteiger charge is -2.34. The van der Waals surface area contributed by atoms with Crippen LogP contribution in [0.1, 0.15) is 32.4 Å². The fraction of sp³-hybridized carbons (Fsp3) is 0.579. The van der Waals surface area contributed by atoms with Gasteiger partial charge in [0, 0.05) is 25.2 Å². The van der Waals surface area contributed by atoms with Crippen molar-refractivity contribution in [2.45, 2.75) is 51.4 Å². The van der Waals surface area contributed by atoms with Gasteiger partial charge in [0.2, 0.25) is 0 Å². The van der Waals surface area contributed by atoms with Crippen LogP contribution in [0.25, 0.3) is 11.5 Å². The Balaban J connectivity index is 1.55. The van der Waals surface area contributed by atoms with Gasteiger partial charge in [-0.2, -0.15) is 0 Å². The van der Waals surface area contributed by atoms with E-state index in [1.54, 1.807) is 6.20 Å². The van der Waals surface area contributed by atoms with E-state index >= 15 is 0 Å². The van der Waals surface area contributed by atoms with E-state index in [2.05, 4.69) is 29.3 Å². The van der Waals surface area contributed by atoms with Gasteiger partial charge in [0.05, 0.1) is 24.0 Å². The molecule has 2 aromatic rings. The molecule has 1 aliphatic rings. The second-order valence-electron chi connectivity index (χ2n) is 7.09. The molecule has 25 heavy (non-hydrogen) atoms. The molecule has 0 spiro atoms. The van der Waals surface area contributed by atoms with Crippen molar-refractivity contribution in [1.29, 1.82) is 0 Å². The van der Waals surface area contributed by atoms with Gasteiger partial charge in [-0.25, -0.2) is 0 Å². The topological polar surface area (TPSA) is 80.4 Å². The predicted octanol–water partition coefficient (Wildman–Crippen LogP) is 2.43. The number of rotatable bonds is 7. The van der Waals surface area contributed by atoms with Crippen molar-refractivity contribution < 1.29 is 14.4 Å². The minimum absolute atomic E-state index is 0.0518. The number of aliphatic hydroxyl groups excluding tert-OH is 1. The molecule has 0 aliphatic carbocycles. The highest BCUT2D eigenvalue weighted by atomic mass is 16.5. The molecule has 3 atom stereocenters. The smallest absolute Gasteiger partial charge is 0.185 e. The number of nitrogens with zero attached hydrogens (tertiary/aromatic N) is 2. The van der Waals surface area contributed by atoms with Gasteiger partial charge >= 0.3 is 0 Å².